The Kier molecular flexibility index (Phi) is 4.45. The lowest BCUT2D eigenvalue weighted by atomic mass is 9.97. The van der Waals surface area contributed by atoms with Crippen LogP contribution in [0.5, 0.6) is 0 Å². The maximum absolute atomic E-state index is 13.5. The van der Waals surface area contributed by atoms with E-state index in [0.29, 0.717) is 0 Å². The van der Waals surface area contributed by atoms with Crippen LogP contribution in [0.25, 0.3) is 0 Å². The Labute approximate surface area is 142 Å². The molecule has 0 unspecified atom stereocenters. The smallest absolute Gasteiger partial charge is 0.410 e. The molecule has 2 heterocycles. The first-order valence-electron chi connectivity index (χ1n) is 7.94. The van der Waals surface area contributed by atoms with Gasteiger partial charge in [-0.2, -0.15) is 18.3 Å². The second-order valence-electron chi connectivity index (χ2n) is 6.21. The molecule has 0 fully saturated rings. The molecule has 1 aromatic heterocycles. The van der Waals surface area contributed by atoms with E-state index in [1.165, 1.54) is 6.07 Å². The highest BCUT2D eigenvalue weighted by Crippen LogP contribution is 2.43. The van der Waals surface area contributed by atoms with Crippen LogP contribution in [0.1, 0.15) is 48.4 Å². The summed E-state index contributed by atoms with van der Waals surface area (Å²) in [6.45, 7) is 3.33. The van der Waals surface area contributed by atoms with Crippen molar-refractivity contribution in [2.45, 2.75) is 44.6 Å². The Morgan fingerprint density at radius 3 is 2.60 bits per heavy atom. The van der Waals surface area contributed by atoms with Gasteiger partial charge in [0.25, 0.3) is 0 Å². The lowest BCUT2D eigenvalue weighted by Crippen LogP contribution is -2.35. The van der Waals surface area contributed by atoms with E-state index in [0.717, 1.165) is 10.2 Å². The number of fused-ring (bicyclic) bond motifs is 1. The average molecular weight is 353 g/mol. The first kappa shape index (κ1) is 17.3. The van der Waals surface area contributed by atoms with Gasteiger partial charge in [-0.05, 0) is 19.4 Å². The number of ether oxygens (including phenoxy) is 1. The van der Waals surface area contributed by atoms with Crippen molar-refractivity contribution in [3.63, 3.8) is 0 Å². The highest BCUT2D eigenvalue weighted by molar-refractivity contribution is 5.88. The largest absolute Gasteiger partial charge is 0.458 e. The van der Waals surface area contributed by atoms with Crippen molar-refractivity contribution < 1.29 is 22.7 Å². The maximum atomic E-state index is 13.5. The van der Waals surface area contributed by atoms with E-state index in [9.17, 15) is 18.0 Å². The van der Waals surface area contributed by atoms with Crippen LogP contribution in [0.2, 0.25) is 0 Å². The molecule has 0 amide bonds. The predicted octanol–water partition coefficient (Wildman–Crippen LogP) is 4.11. The van der Waals surface area contributed by atoms with E-state index in [4.69, 9.17) is 4.74 Å². The molecule has 0 saturated heterocycles. The minimum atomic E-state index is -4.48. The van der Waals surface area contributed by atoms with Gasteiger partial charge in [0.15, 0.2) is 11.7 Å². The van der Waals surface area contributed by atoms with Gasteiger partial charge in [-0.25, -0.2) is 9.48 Å². The second kappa shape index (κ2) is 6.42. The van der Waals surface area contributed by atoms with Crippen molar-refractivity contribution in [1.82, 2.24) is 9.78 Å². The lowest BCUT2D eigenvalue weighted by Gasteiger charge is -2.33. The van der Waals surface area contributed by atoms with Crippen molar-refractivity contribution in [3.05, 3.63) is 47.7 Å². The van der Waals surface area contributed by atoms with Crippen molar-refractivity contribution >= 4 is 11.8 Å². The third-order valence-corrected chi connectivity index (χ3v) is 3.94. The van der Waals surface area contributed by atoms with Crippen LogP contribution in [-0.2, 0) is 4.74 Å². The number of rotatable bonds is 3. The summed E-state index contributed by atoms with van der Waals surface area (Å²) < 4.78 is 46.4. The molecular formula is C17H18F3N3O2. The van der Waals surface area contributed by atoms with Gasteiger partial charge in [0, 0.05) is 12.5 Å². The molecule has 0 bridgehead atoms. The third-order valence-electron chi connectivity index (χ3n) is 3.94. The van der Waals surface area contributed by atoms with Gasteiger partial charge >= 0.3 is 12.1 Å². The quantitative estimate of drug-likeness (QED) is 0.844. The monoisotopic (exact) mass is 353 g/mol. The van der Waals surface area contributed by atoms with Crippen LogP contribution in [0.3, 0.4) is 0 Å². The zero-order valence-electron chi connectivity index (χ0n) is 13.7. The molecule has 0 radical (unpaired) electrons. The zero-order chi connectivity index (χ0) is 18.2. The number of nitrogens with one attached hydrogen (secondary N) is 1. The van der Waals surface area contributed by atoms with Gasteiger partial charge in [0.2, 0.25) is 0 Å². The van der Waals surface area contributed by atoms with Crippen molar-refractivity contribution in [2.75, 3.05) is 5.32 Å². The van der Waals surface area contributed by atoms with Crippen LogP contribution in [0.15, 0.2) is 36.4 Å². The number of carbonyl (C=O) groups is 1. The van der Waals surface area contributed by atoms with Crippen LogP contribution in [0.4, 0.5) is 19.0 Å². The van der Waals surface area contributed by atoms with Crippen LogP contribution in [-0.4, -0.2) is 28.0 Å². The minimum Gasteiger partial charge on any atom is -0.458 e. The second-order valence-corrected chi connectivity index (χ2v) is 6.21. The Hall–Kier alpha value is -2.51. The van der Waals surface area contributed by atoms with Gasteiger partial charge in [-0.15, -0.1) is 0 Å². The Bertz CT molecular complexity index is 756. The van der Waals surface area contributed by atoms with Crippen LogP contribution in [0, 0.1) is 0 Å². The highest BCUT2D eigenvalue weighted by atomic mass is 19.4. The summed E-state index contributed by atoms with van der Waals surface area (Å²) in [4.78, 5) is 12.0. The van der Waals surface area contributed by atoms with Crippen LogP contribution >= 0.6 is 0 Å². The fourth-order valence-electron chi connectivity index (χ4n) is 2.85. The number of aromatic nitrogens is 2. The Balaban J connectivity index is 1.96. The summed E-state index contributed by atoms with van der Waals surface area (Å²) in [5.74, 6) is -0.589. The summed E-state index contributed by atoms with van der Waals surface area (Å²) in [5, 5.41) is 6.88. The summed E-state index contributed by atoms with van der Waals surface area (Å²) in [7, 11) is 0. The number of benzene rings is 1. The molecular weight excluding hydrogens is 335 g/mol. The number of alkyl halides is 3. The van der Waals surface area contributed by atoms with Crippen LogP contribution < -0.4 is 5.32 Å². The average Bonchev–Trinajstić information content (AvgIpc) is 2.97. The molecule has 5 nitrogen and oxygen atoms in total. The minimum absolute atomic E-state index is 0.140. The predicted molar refractivity (Wildman–Crippen MR) is 85.3 cm³/mol. The Morgan fingerprint density at radius 2 is 2.00 bits per heavy atom. The zero-order valence-corrected chi connectivity index (χ0v) is 13.7. The van der Waals surface area contributed by atoms with E-state index in [1.807, 2.05) is 0 Å². The molecule has 0 saturated carbocycles. The fourth-order valence-corrected chi connectivity index (χ4v) is 2.85. The first-order valence-corrected chi connectivity index (χ1v) is 7.94. The van der Waals surface area contributed by atoms with E-state index < -0.39 is 24.2 Å². The molecule has 1 aliphatic heterocycles. The maximum Gasteiger partial charge on any atom is 0.410 e. The molecule has 0 spiro atoms. The molecule has 1 N–H and O–H groups in total. The van der Waals surface area contributed by atoms with E-state index in [2.05, 4.69) is 10.4 Å². The fraction of sp³-hybridized carbons (Fsp3) is 0.412. The molecule has 8 heteroatoms. The lowest BCUT2D eigenvalue weighted by molar-refractivity contribution is -0.173. The number of hydrogen-bond donors (Lipinski definition) is 1. The van der Waals surface area contributed by atoms with Gasteiger partial charge in [-0.3, -0.25) is 0 Å². The molecule has 25 heavy (non-hydrogen) atoms. The first-order chi connectivity index (χ1) is 11.8. The number of carbonyl (C=O) groups excluding carboxylic acids is 1. The Morgan fingerprint density at radius 1 is 1.32 bits per heavy atom. The molecule has 3 rings (SSSR count). The molecule has 134 valence electrons. The summed E-state index contributed by atoms with van der Waals surface area (Å²) in [6.07, 6.45) is -5.06. The molecule has 2 aromatic rings. The number of hydrogen-bond acceptors (Lipinski definition) is 4. The SMILES string of the molecule is CC(C)OC(=O)c1cc2n(n1)[C@H](C(F)(F)F)C[C@@H](c1ccccc1)N2. The van der Waals surface area contributed by atoms with Gasteiger partial charge in [-0.1, -0.05) is 30.3 Å². The molecule has 0 aliphatic carbocycles. The van der Waals surface area contributed by atoms with E-state index >= 15 is 0 Å². The van der Waals surface area contributed by atoms with Crippen molar-refractivity contribution in [3.8, 4) is 0 Å². The molecule has 1 aromatic carbocycles. The van der Waals surface area contributed by atoms with E-state index in [-0.39, 0.29) is 24.0 Å². The number of esters is 1. The topological polar surface area (TPSA) is 56.2 Å². The standard InChI is InChI=1S/C17H18F3N3O2/c1-10(2)25-16(24)13-9-15-21-12(11-6-4-3-5-7-11)8-14(17(18,19)20)23(15)22-13/h3-7,9-10,12,14,21H,8H2,1-2H3/t12-,14-/m0/s1. The number of anilines is 1. The normalized spacial score (nSPS) is 20.1. The third kappa shape index (κ3) is 3.62. The van der Waals surface area contributed by atoms with Gasteiger partial charge < -0.3 is 10.1 Å². The molecule has 2 atom stereocenters. The molecule has 1 aliphatic rings. The highest BCUT2D eigenvalue weighted by Gasteiger charge is 2.46. The van der Waals surface area contributed by atoms with Gasteiger partial charge in [0.05, 0.1) is 12.1 Å². The van der Waals surface area contributed by atoms with Crippen molar-refractivity contribution in [1.29, 1.82) is 0 Å². The van der Waals surface area contributed by atoms with E-state index in [1.54, 1.807) is 44.2 Å². The van der Waals surface area contributed by atoms with Gasteiger partial charge in [0.1, 0.15) is 5.82 Å². The summed E-state index contributed by atoms with van der Waals surface area (Å²) in [6, 6.07) is 7.86. The number of halogens is 3. The number of nitrogens with zero attached hydrogens (tertiary/aromatic N) is 2. The van der Waals surface area contributed by atoms with Crippen molar-refractivity contribution in [2.24, 2.45) is 0 Å². The summed E-state index contributed by atoms with van der Waals surface area (Å²) in [5.41, 5.74) is 0.606. The summed E-state index contributed by atoms with van der Waals surface area (Å²) >= 11 is 0.